The van der Waals surface area contributed by atoms with Gasteiger partial charge in [0.25, 0.3) is 0 Å². The molecule has 1 aromatic heterocycles. The van der Waals surface area contributed by atoms with Gasteiger partial charge in [-0.25, -0.2) is 0 Å². The van der Waals surface area contributed by atoms with E-state index in [0.29, 0.717) is 12.0 Å². The first-order chi connectivity index (χ1) is 6.86. The summed E-state index contributed by atoms with van der Waals surface area (Å²) >= 11 is 1.92. The summed E-state index contributed by atoms with van der Waals surface area (Å²) in [5.74, 6) is 1.52. The molecule has 2 aliphatic rings. The van der Waals surface area contributed by atoms with Crippen LogP contribution in [0.5, 0.6) is 0 Å². The Kier molecular flexibility index (Phi) is 2.14. The molecule has 0 radical (unpaired) electrons. The quantitative estimate of drug-likeness (QED) is 0.793. The average molecular weight is 207 g/mol. The molecule has 1 fully saturated rings. The maximum absolute atomic E-state index is 6.33. The molecule has 2 aliphatic carbocycles. The third kappa shape index (κ3) is 1.41. The lowest BCUT2D eigenvalue weighted by molar-refractivity contribution is 0.431. The van der Waals surface area contributed by atoms with Crippen LogP contribution in [0.2, 0.25) is 0 Å². The Morgan fingerprint density at radius 2 is 2.21 bits per heavy atom. The Bertz CT molecular complexity index is 327. The molecule has 76 valence electrons. The minimum absolute atomic E-state index is 0.448. The Morgan fingerprint density at radius 1 is 1.36 bits per heavy atom. The molecule has 1 heterocycles. The molecule has 1 nitrogen and oxygen atoms in total. The predicted molar refractivity (Wildman–Crippen MR) is 60.7 cm³/mol. The van der Waals surface area contributed by atoms with Crippen molar-refractivity contribution in [2.45, 2.75) is 44.1 Å². The Morgan fingerprint density at radius 3 is 3.00 bits per heavy atom. The van der Waals surface area contributed by atoms with E-state index in [1.54, 1.807) is 10.4 Å². The van der Waals surface area contributed by atoms with Crippen LogP contribution in [-0.2, 0) is 6.42 Å². The van der Waals surface area contributed by atoms with Crippen molar-refractivity contribution in [3.05, 3.63) is 21.9 Å². The smallest absolute Gasteiger partial charge is 0.0137 e. The number of thiophene rings is 1. The lowest BCUT2D eigenvalue weighted by atomic mass is 9.81. The van der Waals surface area contributed by atoms with Crippen LogP contribution in [0.3, 0.4) is 0 Å². The average Bonchev–Trinajstić information content (AvgIpc) is 2.94. The van der Waals surface area contributed by atoms with Gasteiger partial charge in [0.2, 0.25) is 0 Å². The van der Waals surface area contributed by atoms with Gasteiger partial charge in [-0.05, 0) is 55.0 Å². The van der Waals surface area contributed by atoms with Crippen LogP contribution < -0.4 is 5.73 Å². The van der Waals surface area contributed by atoms with E-state index < -0.39 is 0 Å². The minimum atomic E-state index is 0.448. The second-order valence-electron chi connectivity index (χ2n) is 4.71. The first kappa shape index (κ1) is 8.93. The van der Waals surface area contributed by atoms with Crippen molar-refractivity contribution in [1.82, 2.24) is 0 Å². The van der Waals surface area contributed by atoms with E-state index in [-0.39, 0.29) is 0 Å². The van der Waals surface area contributed by atoms with Crippen molar-refractivity contribution in [3.63, 3.8) is 0 Å². The van der Waals surface area contributed by atoms with E-state index in [1.807, 2.05) is 11.3 Å². The molecule has 2 heteroatoms. The second kappa shape index (κ2) is 3.35. The molecule has 2 N–H and O–H groups in total. The zero-order chi connectivity index (χ0) is 9.54. The van der Waals surface area contributed by atoms with Crippen LogP contribution >= 0.6 is 11.3 Å². The van der Waals surface area contributed by atoms with E-state index in [1.165, 1.54) is 32.1 Å². The fourth-order valence-corrected chi connectivity index (χ4v) is 3.73. The Labute approximate surface area is 89.3 Å². The van der Waals surface area contributed by atoms with Crippen molar-refractivity contribution < 1.29 is 0 Å². The first-order valence-corrected chi connectivity index (χ1v) is 6.56. The third-order valence-electron chi connectivity index (χ3n) is 3.73. The second-order valence-corrected chi connectivity index (χ2v) is 5.71. The highest BCUT2D eigenvalue weighted by molar-refractivity contribution is 7.10. The number of hydrogen-bond donors (Lipinski definition) is 1. The number of nitrogens with two attached hydrogens (primary N) is 1. The van der Waals surface area contributed by atoms with Gasteiger partial charge in [0.15, 0.2) is 0 Å². The summed E-state index contributed by atoms with van der Waals surface area (Å²) in [4.78, 5) is 1.61. The van der Waals surface area contributed by atoms with Crippen molar-refractivity contribution in [2.24, 2.45) is 11.7 Å². The van der Waals surface area contributed by atoms with Gasteiger partial charge in [-0.15, -0.1) is 11.3 Å². The van der Waals surface area contributed by atoms with Gasteiger partial charge in [-0.2, -0.15) is 0 Å². The highest BCUT2D eigenvalue weighted by Gasteiger charge is 2.36. The monoisotopic (exact) mass is 207 g/mol. The molecule has 0 amide bonds. The molecule has 0 saturated heterocycles. The molecule has 1 aromatic rings. The lowest BCUT2D eigenvalue weighted by Gasteiger charge is -2.28. The summed E-state index contributed by atoms with van der Waals surface area (Å²) in [6, 6.07) is 2.76. The summed E-state index contributed by atoms with van der Waals surface area (Å²) in [6.07, 6.45) is 6.70. The third-order valence-corrected chi connectivity index (χ3v) is 4.73. The van der Waals surface area contributed by atoms with Crippen molar-refractivity contribution in [1.29, 1.82) is 0 Å². The Hall–Kier alpha value is -0.340. The van der Waals surface area contributed by atoms with Crippen LogP contribution in [-0.4, -0.2) is 6.04 Å². The number of rotatable bonds is 2. The molecule has 2 unspecified atom stereocenters. The maximum Gasteiger partial charge on any atom is 0.0137 e. The van der Waals surface area contributed by atoms with Crippen LogP contribution in [0.1, 0.15) is 42.0 Å². The highest BCUT2D eigenvalue weighted by atomic mass is 32.1. The van der Waals surface area contributed by atoms with Gasteiger partial charge in [-0.1, -0.05) is 0 Å². The van der Waals surface area contributed by atoms with E-state index in [4.69, 9.17) is 5.73 Å². The molecular weight excluding hydrogens is 190 g/mol. The molecule has 3 rings (SSSR count). The summed E-state index contributed by atoms with van der Waals surface area (Å²) in [5, 5.41) is 2.24. The summed E-state index contributed by atoms with van der Waals surface area (Å²) in [7, 11) is 0. The van der Waals surface area contributed by atoms with E-state index in [0.717, 1.165) is 5.92 Å². The van der Waals surface area contributed by atoms with Crippen molar-refractivity contribution >= 4 is 11.3 Å². The molecule has 1 saturated carbocycles. The van der Waals surface area contributed by atoms with E-state index >= 15 is 0 Å². The van der Waals surface area contributed by atoms with Crippen LogP contribution in [0, 0.1) is 5.92 Å². The standard InChI is InChI=1S/C12H17NS/c13-12(8-4-5-8)10-2-1-3-11-9(10)6-7-14-11/h6-8,10,12H,1-5,13H2. The SMILES string of the molecule is NC(C1CC1)C1CCCc2sccc21. The van der Waals surface area contributed by atoms with Crippen molar-refractivity contribution in [3.8, 4) is 0 Å². The normalized spacial score (nSPS) is 28.5. The van der Waals surface area contributed by atoms with Gasteiger partial charge in [0.05, 0.1) is 0 Å². The molecular formula is C12H17NS. The largest absolute Gasteiger partial charge is 0.327 e. The lowest BCUT2D eigenvalue weighted by Crippen LogP contribution is -2.32. The van der Waals surface area contributed by atoms with Gasteiger partial charge in [0, 0.05) is 16.8 Å². The molecule has 2 atom stereocenters. The summed E-state index contributed by atoms with van der Waals surface area (Å²) in [6.45, 7) is 0. The van der Waals surface area contributed by atoms with Gasteiger partial charge in [0.1, 0.15) is 0 Å². The molecule has 0 aliphatic heterocycles. The van der Waals surface area contributed by atoms with Gasteiger partial charge >= 0.3 is 0 Å². The first-order valence-electron chi connectivity index (χ1n) is 5.68. The van der Waals surface area contributed by atoms with Crippen LogP contribution in [0.25, 0.3) is 0 Å². The number of hydrogen-bond acceptors (Lipinski definition) is 2. The fourth-order valence-electron chi connectivity index (χ4n) is 2.73. The minimum Gasteiger partial charge on any atom is -0.327 e. The van der Waals surface area contributed by atoms with Gasteiger partial charge < -0.3 is 5.73 Å². The molecule has 14 heavy (non-hydrogen) atoms. The topological polar surface area (TPSA) is 26.0 Å². The zero-order valence-corrected chi connectivity index (χ0v) is 9.22. The molecule has 0 bridgehead atoms. The van der Waals surface area contributed by atoms with E-state index in [2.05, 4.69) is 11.4 Å². The zero-order valence-electron chi connectivity index (χ0n) is 8.41. The highest BCUT2D eigenvalue weighted by Crippen LogP contribution is 2.43. The maximum atomic E-state index is 6.33. The van der Waals surface area contributed by atoms with Gasteiger partial charge in [-0.3, -0.25) is 0 Å². The van der Waals surface area contributed by atoms with E-state index in [9.17, 15) is 0 Å². The van der Waals surface area contributed by atoms with Crippen LogP contribution in [0.15, 0.2) is 11.4 Å². The summed E-state index contributed by atoms with van der Waals surface area (Å²) < 4.78 is 0. The van der Waals surface area contributed by atoms with Crippen molar-refractivity contribution in [2.75, 3.05) is 0 Å². The number of fused-ring (bicyclic) bond motifs is 1. The molecule has 0 aromatic carbocycles. The predicted octanol–water partition coefficient (Wildman–Crippen LogP) is 2.91. The fraction of sp³-hybridized carbons (Fsp3) is 0.667. The Balaban J connectivity index is 1.87. The number of aryl methyl sites for hydroxylation is 1. The van der Waals surface area contributed by atoms with Crippen LogP contribution in [0.4, 0.5) is 0 Å². The molecule has 0 spiro atoms. The summed E-state index contributed by atoms with van der Waals surface area (Å²) in [5.41, 5.74) is 7.92.